The van der Waals surface area contributed by atoms with Crippen molar-refractivity contribution in [3.8, 4) is 11.5 Å². The van der Waals surface area contributed by atoms with Gasteiger partial charge < -0.3 is 19.7 Å². The lowest BCUT2D eigenvalue weighted by Gasteiger charge is -2.32. The number of benzene rings is 3. The predicted octanol–water partition coefficient (Wildman–Crippen LogP) is 5.28. The highest BCUT2D eigenvalue weighted by atomic mass is 35.5. The number of carbonyl (C=O) groups excluding carboxylic acids is 2. The quantitative estimate of drug-likeness (QED) is 0.361. The molecular weight excluding hydrogens is 476 g/mol. The van der Waals surface area contributed by atoms with Gasteiger partial charge in [0.2, 0.25) is 5.91 Å². The fourth-order valence-corrected chi connectivity index (χ4v) is 4.00. The molecule has 3 rings (SSSR count). The van der Waals surface area contributed by atoms with Gasteiger partial charge in [0.25, 0.3) is 5.91 Å². The molecule has 0 aliphatic rings. The van der Waals surface area contributed by atoms with E-state index in [1.165, 1.54) is 0 Å². The number of ether oxygens (including phenoxy) is 2. The number of methoxy groups -OCH3 is 1. The molecule has 0 bridgehead atoms. The average Bonchev–Trinajstić information content (AvgIpc) is 2.89. The number of rotatable bonds is 12. The number of amides is 2. The molecule has 0 heterocycles. The van der Waals surface area contributed by atoms with Crippen molar-refractivity contribution >= 4 is 23.4 Å². The van der Waals surface area contributed by atoms with E-state index in [0.29, 0.717) is 22.9 Å². The highest BCUT2D eigenvalue weighted by molar-refractivity contribution is 6.30. The molecule has 6 nitrogen and oxygen atoms in total. The first-order valence-electron chi connectivity index (χ1n) is 12.0. The first-order chi connectivity index (χ1) is 17.4. The van der Waals surface area contributed by atoms with Gasteiger partial charge in [-0.15, -0.1) is 0 Å². The van der Waals surface area contributed by atoms with Gasteiger partial charge in [0.1, 0.15) is 6.04 Å². The molecule has 190 valence electrons. The molecule has 2 amide bonds. The second-order valence-electron chi connectivity index (χ2n) is 8.61. The molecule has 0 saturated heterocycles. The molecule has 0 aromatic heterocycles. The number of hydrogen-bond acceptors (Lipinski definition) is 4. The van der Waals surface area contributed by atoms with Crippen molar-refractivity contribution < 1.29 is 19.1 Å². The Morgan fingerprint density at radius 2 is 1.61 bits per heavy atom. The highest BCUT2D eigenvalue weighted by Crippen LogP contribution is 2.26. The third-order valence-corrected chi connectivity index (χ3v) is 6.17. The minimum Gasteiger partial charge on any atom is -0.493 e. The molecule has 0 aliphatic carbocycles. The fourth-order valence-electron chi connectivity index (χ4n) is 3.79. The van der Waals surface area contributed by atoms with Crippen molar-refractivity contribution in [3.05, 3.63) is 95.0 Å². The van der Waals surface area contributed by atoms with Gasteiger partial charge in [-0.3, -0.25) is 9.59 Å². The third-order valence-electron chi connectivity index (χ3n) is 5.93. The van der Waals surface area contributed by atoms with Crippen LogP contribution in [0.5, 0.6) is 11.5 Å². The molecule has 1 N–H and O–H groups in total. The zero-order valence-electron chi connectivity index (χ0n) is 20.9. The lowest BCUT2D eigenvalue weighted by Crippen LogP contribution is -2.53. The highest BCUT2D eigenvalue weighted by Gasteiger charge is 2.31. The zero-order valence-corrected chi connectivity index (χ0v) is 21.7. The summed E-state index contributed by atoms with van der Waals surface area (Å²) in [7, 11) is 1.55. The topological polar surface area (TPSA) is 67.9 Å². The van der Waals surface area contributed by atoms with E-state index in [1.807, 2.05) is 68.4 Å². The van der Waals surface area contributed by atoms with Crippen LogP contribution in [-0.2, 0) is 22.6 Å². The number of carbonyl (C=O) groups is 2. The number of para-hydroxylation sites is 2. The summed E-state index contributed by atoms with van der Waals surface area (Å²) >= 11 is 6.22. The molecule has 0 radical (unpaired) electrons. The maximum Gasteiger partial charge on any atom is 0.261 e. The zero-order chi connectivity index (χ0) is 25.9. The Hall–Kier alpha value is -3.51. The van der Waals surface area contributed by atoms with Crippen LogP contribution < -0.4 is 14.8 Å². The van der Waals surface area contributed by atoms with E-state index in [0.717, 1.165) is 17.5 Å². The van der Waals surface area contributed by atoms with Crippen LogP contribution in [-0.4, -0.2) is 42.5 Å². The smallest absolute Gasteiger partial charge is 0.261 e. The third kappa shape index (κ3) is 7.75. The number of hydrogen-bond donors (Lipinski definition) is 1. The van der Waals surface area contributed by atoms with Crippen LogP contribution in [0.4, 0.5) is 0 Å². The van der Waals surface area contributed by atoms with E-state index in [4.69, 9.17) is 21.1 Å². The number of halogens is 1. The van der Waals surface area contributed by atoms with Crippen molar-refractivity contribution in [1.29, 1.82) is 0 Å². The molecule has 3 aromatic carbocycles. The van der Waals surface area contributed by atoms with E-state index in [9.17, 15) is 9.59 Å². The van der Waals surface area contributed by atoms with Gasteiger partial charge in [-0.1, -0.05) is 73.1 Å². The van der Waals surface area contributed by atoms with Crippen molar-refractivity contribution in [3.63, 3.8) is 0 Å². The molecule has 0 spiro atoms. The van der Waals surface area contributed by atoms with Crippen LogP contribution >= 0.6 is 11.6 Å². The number of nitrogens with one attached hydrogen (secondary N) is 1. The van der Waals surface area contributed by atoms with Gasteiger partial charge in [0.15, 0.2) is 18.1 Å². The molecule has 0 fully saturated rings. The maximum absolute atomic E-state index is 13.6. The van der Waals surface area contributed by atoms with Crippen LogP contribution in [0.2, 0.25) is 5.02 Å². The fraction of sp³-hybridized carbons (Fsp3) is 0.310. The van der Waals surface area contributed by atoms with E-state index >= 15 is 0 Å². The Kier molecular flexibility index (Phi) is 10.2. The number of nitrogens with zero attached hydrogens (tertiary/aromatic N) is 1. The molecule has 0 aliphatic heterocycles. The van der Waals surface area contributed by atoms with Gasteiger partial charge in [-0.25, -0.2) is 0 Å². The second kappa shape index (κ2) is 13.5. The van der Waals surface area contributed by atoms with E-state index in [-0.39, 0.29) is 31.0 Å². The van der Waals surface area contributed by atoms with Crippen molar-refractivity contribution in [2.24, 2.45) is 0 Å². The maximum atomic E-state index is 13.6. The summed E-state index contributed by atoms with van der Waals surface area (Å²) in [5.41, 5.74) is 1.78. The first-order valence-corrected chi connectivity index (χ1v) is 12.4. The summed E-state index contributed by atoms with van der Waals surface area (Å²) in [6.45, 7) is 3.92. The summed E-state index contributed by atoms with van der Waals surface area (Å²) in [6, 6.07) is 23.4. The molecule has 36 heavy (non-hydrogen) atoms. The van der Waals surface area contributed by atoms with Crippen LogP contribution in [0.1, 0.15) is 31.4 Å². The Labute approximate surface area is 218 Å². The molecule has 2 atom stereocenters. The minimum atomic E-state index is -0.742. The monoisotopic (exact) mass is 508 g/mol. The second-order valence-corrected chi connectivity index (χ2v) is 9.05. The summed E-state index contributed by atoms with van der Waals surface area (Å²) in [6.07, 6.45) is 1.15. The summed E-state index contributed by atoms with van der Waals surface area (Å²) in [5, 5.41) is 3.62. The predicted molar refractivity (Wildman–Crippen MR) is 142 cm³/mol. The van der Waals surface area contributed by atoms with Crippen LogP contribution in [0, 0.1) is 0 Å². The summed E-state index contributed by atoms with van der Waals surface area (Å²) in [4.78, 5) is 28.7. The van der Waals surface area contributed by atoms with Crippen molar-refractivity contribution in [1.82, 2.24) is 10.2 Å². The van der Waals surface area contributed by atoms with Crippen molar-refractivity contribution in [2.75, 3.05) is 13.7 Å². The molecule has 7 heteroatoms. The van der Waals surface area contributed by atoms with E-state index in [1.54, 1.807) is 36.3 Å². The lowest BCUT2D eigenvalue weighted by atomic mass is 10.0. The van der Waals surface area contributed by atoms with E-state index < -0.39 is 6.04 Å². The normalized spacial score (nSPS) is 12.3. The Morgan fingerprint density at radius 1 is 0.944 bits per heavy atom. The van der Waals surface area contributed by atoms with Crippen molar-refractivity contribution in [2.45, 2.75) is 45.3 Å². The van der Waals surface area contributed by atoms with Gasteiger partial charge >= 0.3 is 0 Å². The molecule has 3 aromatic rings. The molecule has 0 saturated carbocycles. The Bertz CT molecular complexity index is 1140. The van der Waals surface area contributed by atoms with Gasteiger partial charge in [0, 0.05) is 24.0 Å². The van der Waals surface area contributed by atoms with Crippen LogP contribution in [0.3, 0.4) is 0 Å². The van der Waals surface area contributed by atoms with Crippen LogP contribution in [0.25, 0.3) is 0 Å². The van der Waals surface area contributed by atoms with Gasteiger partial charge in [-0.2, -0.15) is 0 Å². The van der Waals surface area contributed by atoms with Gasteiger partial charge in [0.05, 0.1) is 7.11 Å². The minimum absolute atomic E-state index is 0.0243. The lowest BCUT2D eigenvalue weighted by molar-refractivity contribution is -0.143. The summed E-state index contributed by atoms with van der Waals surface area (Å²) in [5.74, 6) is 0.462. The Balaban J connectivity index is 1.93. The van der Waals surface area contributed by atoms with E-state index in [2.05, 4.69) is 5.32 Å². The van der Waals surface area contributed by atoms with Crippen LogP contribution in [0.15, 0.2) is 78.9 Å². The SMILES string of the molecule is CC[C@H](C)NC(=O)[C@H](Cc1ccccc1)N(Cc1cccc(Cl)c1)C(=O)COc1ccccc1OC. The molecular formula is C29H33ClN2O4. The summed E-state index contributed by atoms with van der Waals surface area (Å²) < 4.78 is 11.2. The van der Waals surface area contributed by atoms with Gasteiger partial charge in [-0.05, 0) is 48.7 Å². The average molecular weight is 509 g/mol. The molecule has 0 unspecified atom stereocenters. The largest absolute Gasteiger partial charge is 0.493 e. The standard InChI is InChI=1S/C29H33ClN2O4/c1-4-21(2)31-29(34)25(18-22-11-6-5-7-12-22)32(19-23-13-10-14-24(30)17-23)28(33)20-36-27-16-9-8-15-26(27)35-3/h5-17,21,25H,4,18-20H2,1-3H3,(H,31,34)/t21-,25-/m0/s1. The first kappa shape index (κ1) is 27.1. The Morgan fingerprint density at radius 3 is 2.28 bits per heavy atom.